The van der Waals surface area contributed by atoms with Crippen molar-refractivity contribution in [1.82, 2.24) is 9.97 Å². The normalized spacial score (nSPS) is 16.9. The Kier molecular flexibility index (Phi) is 5.62. The lowest BCUT2D eigenvalue weighted by molar-refractivity contribution is 0.302. The van der Waals surface area contributed by atoms with E-state index in [0.717, 1.165) is 18.8 Å². The van der Waals surface area contributed by atoms with Gasteiger partial charge in [0.1, 0.15) is 0 Å². The number of hydrogen-bond acceptors (Lipinski definition) is 2. The Labute approximate surface area is 162 Å². The standard InChI is InChI=1S/C25H28N2/c1-2-9-21(10-3-1)17-25(18-22-11-4-5-12-22,24-14-6-7-16-27-24)19-23-13-8-15-26-20-23/h1-3,6-10,13-16,20,22H,4-5,11-12,17-19H2. The smallest absolute Gasteiger partial charge is 0.0472 e. The number of nitrogens with zero attached hydrogens (tertiary/aromatic N) is 2. The van der Waals surface area contributed by atoms with Crippen molar-refractivity contribution in [2.24, 2.45) is 5.92 Å². The molecule has 2 aromatic heterocycles. The summed E-state index contributed by atoms with van der Waals surface area (Å²) in [6.07, 6.45) is 14.5. The molecule has 0 radical (unpaired) electrons. The molecule has 0 saturated heterocycles. The van der Waals surface area contributed by atoms with Gasteiger partial charge in [0, 0.05) is 29.7 Å². The molecule has 2 nitrogen and oxygen atoms in total. The van der Waals surface area contributed by atoms with Crippen molar-refractivity contribution >= 4 is 0 Å². The highest BCUT2D eigenvalue weighted by Gasteiger charge is 2.37. The molecular weight excluding hydrogens is 328 g/mol. The number of rotatable bonds is 7. The number of benzene rings is 1. The summed E-state index contributed by atoms with van der Waals surface area (Å²) in [5.41, 5.74) is 3.94. The van der Waals surface area contributed by atoms with Crippen molar-refractivity contribution in [3.8, 4) is 0 Å². The number of pyridine rings is 2. The predicted octanol–water partition coefficient (Wildman–Crippen LogP) is 5.78. The molecule has 0 spiro atoms. The molecule has 0 N–H and O–H groups in total. The van der Waals surface area contributed by atoms with E-state index in [1.807, 2.05) is 24.7 Å². The molecule has 1 saturated carbocycles. The minimum atomic E-state index is 0.0145. The van der Waals surface area contributed by atoms with Crippen LogP contribution in [0.25, 0.3) is 0 Å². The average Bonchev–Trinajstić information content (AvgIpc) is 3.23. The van der Waals surface area contributed by atoms with Crippen LogP contribution in [0.15, 0.2) is 79.3 Å². The zero-order valence-electron chi connectivity index (χ0n) is 15.9. The summed E-state index contributed by atoms with van der Waals surface area (Å²) >= 11 is 0. The second-order valence-corrected chi connectivity index (χ2v) is 8.05. The molecule has 3 aromatic rings. The molecule has 2 heterocycles. The summed E-state index contributed by atoms with van der Waals surface area (Å²) in [4.78, 5) is 9.25. The van der Waals surface area contributed by atoms with Crippen molar-refractivity contribution < 1.29 is 0 Å². The highest BCUT2D eigenvalue weighted by Crippen LogP contribution is 2.42. The van der Waals surface area contributed by atoms with Crippen LogP contribution in [0, 0.1) is 5.92 Å². The minimum Gasteiger partial charge on any atom is -0.264 e. The van der Waals surface area contributed by atoms with Crippen LogP contribution in [0.4, 0.5) is 0 Å². The zero-order valence-corrected chi connectivity index (χ0v) is 15.9. The van der Waals surface area contributed by atoms with Crippen molar-refractivity contribution in [3.05, 3.63) is 96.1 Å². The second kappa shape index (κ2) is 8.47. The molecule has 1 aliphatic rings. The van der Waals surface area contributed by atoms with E-state index in [2.05, 4.69) is 59.6 Å². The van der Waals surface area contributed by atoms with E-state index in [1.165, 1.54) is 48.9 Å². The van der Waals surface area contributed by atoms with Crippen LogP contribution in [-0.2, 0) is 18.3 Å². The molecule has 0 amide bonds. The first-order chi connectivity index (χ1) is 13.3. The lowest BCUT2D eigenvalue weighted by atomic mass is 9.68. The summed E-state index contributed by atoms with van der Waals surface area (Å²) in [6.45, 7) is 0. The van der Waals surface area contributed by atoms with E-state index >= 15 is 0 Å². The zero-order chi connectivity index (χ0) is 18.4. The van der Waals surface area contributed by atoms with Crippen LogP contribution in [-0.4, -0.2) is 9.97 Å². The van der Waals surface area contributed by atoms with E-state index in [9.17, 15) is 0 Å². The molecular formula is C25H28N2. The fourth-order valence-electron chi connectivity index (χ4n) is 4.82. The van der Waals surface area contributed by atoms with Gasteiger partial charge in [-0.1, -0.05) is 68.1 Å². The Hall–Kier alpha value is -2.48. The fraction of sp³-hybridized carbons (Fsp3) is 0.360. The van der Waals surface area contributed by atoms with Crippen LogP contribution in [0.1, 0.15) is 48.9 Å². The largest absolute Gasteiger partial charge is 0.264 e. The Balaban J connectivity index is 1.76. The van der Waals surface area contributed by atoms with E-state index in [4.69, 9.17) is 4.98 Å². The van der Waals surface area contributed by atoms with Gasteiger partial charge in [-0.15, -0.1) is 0 Å². The van der Waals surface area contributed by atoms with Crippen LogP contribution >= 0.6 is 0 Å². The first-order valence-corrected chi connectivity index (χ1v) is 10.2. The van der Waals surface area contributed by atoms with Crippen molar-refractivity contribution in [2.45, 2.75) is 50.4 Å². The van der Waals surface area contributed by atoms with Gasteiger partial charge in [0.25, 0.3) is 0 Å². The maximum atomic E-state index is 4.87. The van der Waals surface area contributed by atoms with E-state index in [1.54, 1.807) is 0 Å². The molecule has 4 rings (SSSR count). The van der Waals surface area contributed by atoms with Crippen LogP contribution in [0.3, 0.4) is 0 Å². The highest BCUT2D eigenvalue weighted by molar-refractivity contribution is 5.29. The van der Waals surface area contributed by atoms with Gasteiger partial charge in [0.2, 0.25) is 0 Å². The monoisotopic (exact) mass is 356 g/mol. The third-order valence-corrected chi connectivity index (χ3v) is 6.01. The van der Waals surface area contributed by atoms with Gasteiger partial charge in [-0.05, 0) is 54.5 Å². The predicted molar refractivity (Wildman–Crippen MR) is 111 cm³/mol. The van der Waals surface area contributed by atoms with Gasteiger partial charge in [-0.25, -0.2) is 0 Å². The minimum absolute atomic E-state index is 0.0145. The Morgan fingerprint density at radius 1 is 0.778 bits per heavy atom. The quantitative estimate of drug-likeness (QED) is 0.536. The molecule has 2 heteroatoms. The summed E-state index contributed by atoms with van der Waals surface area (Å²) < 4.78 is 0. The summed E-state index contributed by atoms with van der Waals surface area (Å²) in [6, 6.07) is 21.6. The molecule has 27 heavy (non-hydrogen) atoms. The van der Waals surface area contributed by atoms with E-state index in [0.29, 0.717) is 0 Å². The highest BCUT2D eigenvalue weighted by atomic mass is 14.7. The van der Waals surface area contributed by atoms with Gasteiger partial charge < -0.3 is 0 Å². The molecule has 1 aliphatic carbocycles. The molecule has 1 fully saturated rings. The van der Waals surface area contributed by atoms with Crippen LogP contribution in [0.2, 0.25) is 0 Å². The SMILES string of the molecule is c1ccc(CC(Cc2cccnc2)(CC2CCCC2)c2ccccn2)cc1. The maximum absolute atomic E-state index is 4.87. The molecule has 0 bridgehead atoms. The first kappa shape index (κ1) is 17.9. The van der Waals surface area contributed by atoms with Gasteiger partial charge >= 0.3 is 0 Å². The third kappa shape index (κ3) is 4.44. The van der Waals surface area contributed by atoms with E-state index in [-0.39, 0.29) is 5.41 Å². The van der Waals surface area contributed by atoms with Gasteiger partial charge in [-0.3, -0.25) is 9.97 Å². The summed E-state index contributed by atoms with van der Waals surface area (Å²) in [5, 5.41) is 0. The van der Waals surface area contributed by atoms with Crippen LogP contribution in [0.5, 0.6) is 0 Å². The van der Waals surface area contributed by atoms with Crippen molar-refractivity contribution in [1.29, 1.82) is 0 Å². The van der Waals surface area contributed by atoms with Crippen LogP contribution < -0.4 is 0 Å². The maximum Gasteiger partial charge on any atom is 0.0472 e. The molecule has 1 unspecified atom stereocenters. The van der Waals surface area contributed by atoms with Gasteiger partial charge in [0.05, 0.1) is 0 Å². The second-order valence-electron chi connectivity index (χ2n) is 8.05. The van der Waals surface area contributed by atoms with Gasteiger partial charge in [0.15, 0.2) is 0 Å². The number of hydrogen-bond donors (Lipinski definition) is 0. The molecule has 0 aliphatic heterocycles. The number of aromatic nitrogens is 2. The van der Waals surface area contributed by atoms with Crippen molar-refractivity contribution in [3.63, 3.8) is 0 Å². The lowest BCUT2D eigenvalue weighted by Gasteiger charge is -2.36. The third-order valence-electron chi connectivity index (χ3n) is 6.01. The first-order valence-electron chi connectivity index (χ1n) is 10.2. The molecule has 138 valence electrons. The average molecular weight is 357 g/mol. The summed E-state index contributed by atoms with van der Waals surface area (Å²) in [5.74, 6) is 0.799. The Morgan fingerprint density at radius 2 is 1.52 bits per heavy atom. The molecule has 1 atom stereocenters. The lowest BCUT2D eigenvalue weighted by Crippen LogP contribution is -2.35. The Bertz CT molecular complexity index is 767. The molecule has 1 aromatic carbocycles. The topological polar surface area (TPSA) is 25.8 Å². The fourth-order valence-corrected chi connectivity index (χ4v) is 4.82. The van der Waals surface area contributed by atoms with Crippen molar-refractivity contribution in [2.75, 3.05) is 0 Å². The Morgan fingerprint density at radius 3 is 2.22 bits per heavy atom. The summed E-state index contributed by atoms with van der Waals surface area (Å²) in [7, 11) is 0. The van der Waals surface area contributed by atoms with Gasteiger partial charge in [-0.2, -0.15) is 0 Å². The van der Waals surface area contributed by atoms with E-state index < -0.39 is 0 Å².